The van der Waals surface area contributed by atoms with E-state index in [2.05, 4.69) is 62.1 Å². The molecule has 2 saturated carbocycles. The largest absolute Gasteiger partial charge is 0.493 e. The lowest BCUT2D eigenvalue weighted by Crippen LogP contribution is -2.59. The summed E-state index contributed by atoms with van der Waals surface area (Å²) in [5, 5.41) is 17.3. The number of amides is 3. The molecular weight excluding hydrogens is 941 g/mol. The number of hydrogen-bond acceptors (Lipinski definition) is 10. The highest BCUT2D eigenvalue weighted by Crippen LogP contribution is 2.46. The van der Waals surface area contributed by atoms with Gasteiger partial charge in [-0.25, -0.2) is 9.37 Å². The molecule has 16 heteroatoms. The van der Waals surface area contributed by atoms with Crippen molar-refractivity contribution in [3.05, 3.63) is 104 Å². The SMILES string of the molecule is Cc1ncsc1-c1ccc(CNC(=O)[C@@H]2C[C@@H](O)CN2C(=O)[C@@H](NC(=O)C2(F)CC2)C(C)(C)C)c(OCC2CCC(N3CCC(c4ccc5c(c4)-n4c(nc(=O)c6c(Cl)cccc64)C5(C)C)CC3)CC2)c1. The molecule has 3 amide bonds. The minimum absolute atomic E-state index is 0.0446. The predicted molar refractivity (Wildman–Crippen MR) is 274 cm³/mol. The molecule has 376 valence electrons. The second-order valence-electron chi connectivity index (χ2n) is 22.3. The van der Waals surface area contributed by atoms with Crippen LogP contribution < -0.4 is 20.9 Å². The van der Waals surface area contributed by atoms with Crippen molar-refractivity contribution in [2.75, 3.05) is 26.2 Å². The van der Waals surface area contributed by atoms with Crippen LogP contribution in [0.1, 0.15) is 127 Å². The van der Waals surface area contributed by atoms with Gasteiger partial charge >= 0.3 is 0 Å². The van der Waals surface area contributed by atoms with Crippen molar-refractivity contribution in [1.82, 2.24) is 35.0 Å². The maximum Gasteiger partial charge on any atom is 0.282 e. The topological polar surface area (TPSA) is 159 Å². The van der Waals surface area contributed by atoms with Gasteiger partial charge in [-0.05, 0) is 143 Å². The summed E-state index contributed by atoms with van der Waals surface area (Å²) in [7, 11) is 0. The highest BCUT2D eigenvalue weighted by Gasteiger charge is 2.53. The van der Waals surface area contributed by atoms with Crippen molar-refractivity contribution in [3.63, 3.8) is 0 Å². The first-order chi connectivity index (χ1) is 33.8. The van der Waals surface area contributed by atoms with Gasteiger partial charge in [-0.2, -0.15) is 4.98 Å². The van der Waals surface area contributed by atoms with Crippen LogP contribution in [0.5, 0.6) is 5.75 Å². The quantitative estimate of drug-likeness (QED) is 0.111. The van der Waals surface area contributed by atoms with E-state index >= 15 is 0 Å². The molecule has 0 unspecified atom stereocenters. The zero-order valence-electron chi connectivity index (χ0n) is 41.5. The number of nitrogens with one attached hydrogen (secondary N) is 2. The van der Waals surface area contributed by atoms with Crippen molar-refractivity contribution >= 4 is 51.6 Å². The number of hydrogen-bond donors (Lipinski definition) is 3. The molecule has 2 aromatic heterocycles. The zero-order valence-corrected chi connectivity index (χ0v) is 43.1. The summed E-state index contributed by atoms with van der Waals surface area (Å²) in [4.78, 5) is 68.0. The Balaban J connectivity index is 0.763. The Labute approximate surface area is 423 Å². The molecule has 3 aromatic carbocycles. The lowest BCUT2D eigenvalue weighted by Gasteiger charge is -2.41. The third-order valence-corrected chi connectivity index (χ3v) is 17.3. The second-order valence-corrected chi connectivity index (χ2v) is 23.6. The van der Waals surface area contributed by atoms with Gasteiger partial charge in [0.05, 0.1) is 55.8 Å². The van der Waals surface area contributed by atoms with Gasteiger partial charge in [-0.15, -0.1) is 11.3 Å². The minimum atomic E-state index is -1.96. The molecule has 4 fully saturated rings. The zero-order chi connectivity index (χ0) is 50.1. The molecule has 5 aliphatic rings. The van der Waals surface area contributed by atoms with Crippen LogP contribution in [0, 0.1) is 18.3 Å². The first-order valence-corrected chi connectivity index (χ1v) is 26.6. The number of aliphatic hydroxyl groups excluding tert-OH is 1. The Morgan fingerprint density at radius 2 is 1.76 bits per heavy atom. The van der Waals surface area contributed by atoms with E-state index in [1.165, 1.54) is 10.5 Å². The number of aromatic nitrogens is 3. The number of aliphatic hydroxyl groups is 1. The lowest BCUT2D eigenvalue weighted by atomic mass is 9.81. The molecule has 0 bridgehead atoms. The number of carbonyl (C=O) groups is 3. The third-order valence-electron chi connectivity index (χ3n) is 16.0. The standard InChI is InChI=1S/C55H65ClFN7O6S/c1-31-46(71-30-59-31)35-12-13-36(27-58-48(66)43-26-38(65)28-63(43)50(68)47(53(2,3)4)60-52(69)55(57)20-21-55)44(25-35)70-29-32-10-15-37(16-11-32)62-22-18-33(19-23-62)34-14-17-39-42(24-34)64-41-9-7-8-40(56)45(41)49(67)61-51(64)54(39,5)6/h7-9,12-14,17,24-25,30,32-33,37-38,43,47,65H,10-11,15-16,18-23,26-29H2,1-6H3,(H,58,66)(H,60,69)/t32?,37?,38-,43+,47-/m1/s1. The number of rotatable bonds is 12. The van der Waals surface area contributed by atoms with Crippen molar-refractivity contribution in [1.29, 1.82) is 0 Å². The Bertz CT molecular complexity index is 2950. The van der Waals surface area contributed by atoms with E-state index in [1.54, 1.807) is 38.2 Å². The third kappa shape index (κ3) is 9.52. The minimum Gasteiger partial charge on any atom is -0.493 e. The molecule has 5 heterocycles. The molecule has 0 radical (unpaired) electrons. The van der Waals surface area contributed by atoms with Crippen LogP contribution in [-0.2, 0) is 26.3 Å². The summed E-state index contributed by atoms with van der Waals surface area (Å²) in [6.45, 7) is 14.3. The number of fused-ring (bicyclic) bond motifs is 5. The summed E-state index contributed by atoms with van der Waals surface area (Å²) >= 11 is 8.11. The second kappa shape index (κ2) is 19.0. The number of likely N-dealkylation sites (tertiary alicyclic amines) is 2. The molecule has 71 heavy (non-hydrogen) atoms. The number of carbonyl (C=O) groups excluding carboxylic acids is 3. The Kier molecular flexibility index (Phi) is 13.2. The molecule has 3 atom stereocenters. The molecule has 3 N–H and O–H groups in total. The predicted octanol–water partition coefficient (Wildman–Crippen LogP) is 8.54. The number of nitrogens with zero attached hydrogens (tertiary/aromatic N) is 5. The maximum absolute atomic E-state index is 14.7. The van der Waals surface area contributed by atoms with Gasteiger partial charge in [0.2, 0.25) is 11.8 Å². The average Bonchev–Trinajstić information content (AvgIpc) is 3.64. The number of alkyl halides is 1. The van der Waals surface area contributed by atoms with E-state index in [0.717, 1.165) is 95.9 Å². The molecule has 0 spiro atoms. The van der Waals surface area contributed by atoms with Crippen LogP contribution >= 0.6 is 22.9 Å². The van der Waals surface area contributed by atoms with Crippen LogP contribution in [0.3, 0.4) is 0 Å². The van der Waals surface area contributed by atoms with Gasteiger partial charge in [0, 0.05) is 31.1 Å². The fourth-order valence-electron chi connectivity index (χ4n) is 11.6. The van der Waals surface area contributed by atoms with E-state index in [1.807, 2.05) is 42.8 Å². The van der Waals surface area contributed by atoms with Gasteiger partial charge in [0.25, 0.3) is 11.5 Å². The van der Waals surface area contributed by atoms with Gasteiger partial charge in [-0.1, -0.05) is 62.7 Å². The Morgan fingerprint density at radius 1 is 1.01 bits per heavy atom. The molecule has 13 nitrogen and oxygen atoms in total. The highest BCUT2D eigenvalue weighted by atomic mass is 35.5. The normalized spacial score (nSPS) is 23.3. The van der Waals surface area contributed by atoms with Crippen molar-refractivity contribution < 1.29 is 28.6 Å². The van der Waals surface area contributed by atoms with Crippen LogP contribution in [-0.4, -0.2) is 103 Å². The first kappa shape index (κ1) is 49.4. The van der Waals surface area contributed by atoms with Crippen molar-refractivity contribution in [3.8, 4) is 21.9 Å². The van der Waals surface area contributed by atoms with E-state index in [-0.39, 0.29) is 37.9 Å². The van der Waals surface area contributed by atoms with Crippen LogP contribution in [0.25, 0.3) is 27.0 Å². The molecular formula is C55H65ClFN7O6S. The molecule has 5 aromatic rings. The van der Waals surface area contributed by atoms with Crippen LogP contribution in [0.4, 0.5) is 4.39 Å². The van der Waals surface area contributed by atoms with Gasteiger partial charge in [0.15, 0.2) is 5.67 Å². The van der Waals surface area contributed by atoms with Crippen LogP contribution in [0.15, 0.2) is 64.9 Å². The summed E-state index contributed by atoms with van der Waals surface area (Å²) < 4.78 is 23.6. The number of ether oxygens (including phenoxy) is 1. The summed E-state index contributed by atoms with van der Waals surface area (Å²) in [5.41, 5.74) is 5.43. The monoisotopic (exact) mass is 1010 g/mol. The summed E-state index contributed by atoms with van der Waals surface area (Å²) in [6.07, 6.45) is 5.81. The first-order valence-electron chi connectivity index (χ1n) is 25.3. The average molecular weight is 1010 g/mol. The Hall–Kier alpha value is -5.22. The number of benzene rings is 3. The van der Waals surface area contributed by atoms with E-state index in [0.29, 0.717) is 40.6 Å². The number of piperidine rings is 1. The lowest BCUT2D eigenvalue weighted by molar-refractivity contribution is -0.145. The number of β-amino-alcohol motifs (C(OH)–C–C–N with tert-alkyl or cyclic N) is 1. The van der Waals surface area contributed by atoms with Gasteiger partial charge < -0.3 is 30.3 Å². The molecule has 10 rings (SSSR count). The number of thiazole rings is 1. The smallest absolute Gasteiger partial charge is 0.282 e. The number of aryl methyl sites for hydroxylation is 1. The van der Waals surface area contributed by atoms with E-state index in [9.17, 15) is 28.7 Å². The van der Waals surface area contributed by atoms with Gasteiger partial charge in [-0.3, -0.25) is 23.7 Å². The molecule has 3 aliphatic heterocycles. The van der Waals surface area contributed by atoms with Crippen LogP contribution in [0.2, 0.25) is 5.02 Å². The van der Waals surface area contributed by atoms with Crippen molar-refractivity contribution in [2.45, 2.75) is 147 Å². The fraction of sp³-hybridized carbons (Fsp3) is 0.527. The molecule has 2 saturated heterocycles. The highest BCUT2D eigenvalue weighted by molar-refractivity contribution is 7.13. The van der Waals surface area contributed by atoms with Gasteiger partial charge in [0.1, 0.15) is 23.7 Å². The Morgan fingerprint density at radius 3 is 2.45 bits per heavy atom. The fourth-order valence-corrected chi connectivity index (χ4v) is 12.6. The van der Waals surface area contributed by atoms with Crippen molar-refractivity contribution in [2.24, 2.45) is 11.3 Å². The van der Waals surface area contributed by atoms with E-state index in [4.69, 9.17) is 16.3 Å². The maximum atomic E-state index is 14.7. The molecule has 2 aliphatic carbocycles. The summed E-state index contributed by atoms with van der Waals surface area (Å²) in [6, 6.07) is 16.9. The summed E-state index contributed by atoms with van der Waals surface area (Å²) in [5.74, 6) is 0.468. The van der Waals surface area contributed by atoms with E-state index < -0.39 is 52.4 Å². The number of halogens is 2.